The smallest absolute Gasteiger partial charge is 0.121 e. The number of nitrogens with zero attached hydrogens (tertiary/aromatic N) is 1. The molecule has 0 aliphatic rings. The largest absolute Gasteiger partial charge is 0.465 e. The molecule has 1 N–H and O–H groups in total. The second-order valence-corrected chi connectivity index (χ2v) is 5.25. The molecule has 0 aliphatic heterocycles. The third-order valence-corrected chi connectivity index (χ3v) is 3.72. The van der Waals surface area contributed by atoms with Crippen molar-refractivity contribution in [1.29, 1.82) is 0 Å². The molecule has 0 bridgehead atoms. The van der Waals surface area contributed by atoms with Crippen LogP contribution in [0.5, 0.6) is 0 Å². The Morgan fingerprint density at radius 3 is 2.76 bits per heavy atom. The zero-order valence-corrected chi connectivity index (χ0v) is 12.5. The number of likely N-dealkylation sites (N-methyl/N-ethyl adjacent to an activating group) is 1. The van der Waals surface area contributed by atoms with Gasteiger partial charge in [0.15, 0.2) is 0 Å². The van der Waals surface area contributed by atoms with Crippen LogP contribution < -0.4 is 5.32 Å². The molecule has 3 rings (SSSR count). The Kier molecular flexibility index (Phi) is 4.02. The van der Waals surface area contributed by atoms with E-state index in [9.17, 15) is 0 Å². The maximum Gasteiger partial charge on any atom is 0.121 e. The minimum Gasteiger partial charge on any atom is -0.465 e. The number of benzene rings is 1. The van der Waals surface area contributed by atoms with Gasteiger partial charge >= 0.3 is 0 Å². The van der Waals surface area contributed by atoms with Crippen LogP contribution in [0.1, 0.15) is 30.0 Å². The Morgan fingerprint density at radius 1 is 1.14 bits per heavy atom. The lowest BCUT2D eigenvalue weighted by atomic mass is 10.0. The number of hydrogen-bond acceptors (Lipinski definition) is 3. The standard InChI is InChI=1S/C18H20N2O/c1-3-19-17(18-9-8-13(2)21-18)12-14-10-11-20-16-7-5-4-6-15(14)16/h4-11,17,19H,3,12H2,1-2H3. The Labute approximate surface area is 125 Å². The molecule has 1 aromatic carbocycles. The molecule has 2 heterocycles. The van der Waals surface area contributed by atoms with E-state index >= 15 is 0 Å². The highest BCUT2D eigenvalue weighted by Gasteiger charge is 2.16. The number of aryl methyl sites for hydroxylation is 1. The monoisotopic (exact) mass is 280 g/mol. The number of hydrogen-bond donors (Lipinski definition) is 1. The van der Waals surface area contributed by atoms with Crippen molar-refractivity contribution in [1.82, 2.24) is 10.3 Å². The third kappa shape index (κ3) is 2.98. The Morgan fingerprint density at radius 2 is 2.00 bits per heavy atom. The SMILES string of the molecule is CCNC(Cc1ccnc2ccccc12)c1ccc(C)o1. The van der Waals surface area contributed by atoms with Crippen molar-refractivity contribution in [3.63, 3.8) is 0 Å². The van der Waals surface area contributed by atoms with Crippen LogP contribution in [0.2, 0.25) is 0 Å². The summed E-state index contributed by atoms with van der Waals surface area (Å²) in [5, 5.41) is 4.73. The molecule has 108 valence electrons. The highest BCUT2D eigenvalue weighted by molar-refractivity contribution is 5.81. The zero-order chi connectivity index (χ0) is 14.7. The fourth-order valence-corrected chi connectivity index (χ4v) is 2.71. The van der Waals surface area contributed by atoms with E-state index in [0.717, 1.165) is 30.0 Å². The van der Waals surface area contributed by atoms with Crippen molar-refractivity contribution < 1.29 is 4.42 Å². The number of para-hydroxylation sites is 1. The molecule has 3 nitrogen and oxygen atoms in total. The molecule has 3 aromatic rings. The molecule has 2 aromatic heterocycles. The Balaban J connectivity index is 1.94. The van der Waals surface area contributed by atoms with Crippen molar-refractivity contribution in [3.05, 3.63) is 65.7 Å². The van der Waals surface area contributed by atoms with Crippen molar-refractivity contribution in [3.8, 4) is 0 Å². The van der Waals surface area contributed by atoms with E-state index in [1.54, 1.807) is 0 Å². The predicted molar refractivity (Wildman–Crippen MR) is 85.3 cm³/mol. The van der Waals surface area contributed by atoms with Gasteiger partial charge in [0.1, 0.15) is 11.5 Å². The fourth-order valence-electron chi connectivity index (χ4n) is 2.71. The molecule has 1 unspecified atom stereocenters. The van der Waals surface area contributed by atoms with Gasteiger partial charge in [0.25, 0.3) is 0 Å². The number of rotatable bonds is 5. The third-order valence-electron chi connectivity index (χ3n) is 3.72. The molecular weight excluding hydrogens is 260 g/mol. The highest BCUT2D eigenvalue weighted by atomic mass is 16.3. The molecule has 3 heteroatoms. The van der Waals surface area contributed by atoms with Crippen molar-refractivity contribution in [2.75, 3.05) is 6.54 Å². The fraction of sp³-hybridized carbons (Fsp3) is 0.278. The van der Waals surface area contributed by atoms with Gasteiger partial charge in [-0.25, -0.2) is 0 Å². The molecule has 0 spiro atoms. The summed E-state index contributed by atoms with van der Waals surface area (Å²) in [6.45, 7) is 5.01. The van der Waals surface area contributed by atoms with Gasteiger partial charge in [0, 0.05) is 11.6 Å². The van der Waals surface area contributed by atoms with Crippen LogP contribution in [0.25, 0.3) is 10.9 Å². The number of pyridine rings is 1. The first kappa shape index (κ1) is 13.8. The van der Waals surface area contributed by atoms with Crippen LogP contribution in [-0.2, 0) is 6.42 Å². The average Bonchev–Trinajstić information content (AvgIpc) is 2.94. The summed E-state index contributed by atoms with van der Waals surface area (Å²) in [6.07, 6.45) is 2.78. The van der Waals surface area contributed by atoms with Crippen LogP contribution in [0, 0.1) is 6.92 Å². The lowest BCUT2D eigenvalue weighted by molar-refractivity contribution is 0.404. The van der Waals surface area contributed by atoms with Crippen LogP contribution in [-0.4, -0.2) is 11.5 Å². The first-order valence-electron chi connectivity index (χ1n) is 7.40. The lowest BCUT2D eigenvalue weighted by Crippen LogP contribution is -2.22. The van der Waals surface area contributed by atoms with Crippen molar-refractivity contribution in [2.45, 2.75) is 26.3 Å². The van der Waals surface area contributed by atoms with Crippen LogP contribution in [0.4, 0.5) is 0 Å². The summed E-state index contributed by atoms with van der Waals surface area (Å²) >= 11 is 0. The number of fused-ring (bicyclic) bond motifs is 1. The average molecular weight is 280 g/mol. The summed E-state index contributed by atoms with van der Waals surface area (Å²) in [5.74, 6) is 1.95. The van der Waals surface area contributed by atoms with E-state index in [1.807, 2.05) is 25.3 Å². The van der Waals surface area contributed by atoms with Gasteiger partial charge in [-0.15, -0.1) is 0 Å². The van der Waals surface area contributed by atoms with Crippen LogP contribution in [0.15, 0.2) is 53.1 Å². The van der Waals surface area contributed by atoms with Crippen molar-refractivity contribution >= 4 is 10.9 Å². The highest BCUT2D eigenvalue weighted by Crippen LogP contribution is 2.24. The van der Waals surface area contributed by atoms with Gasteiger partial charge in [0.2, 0.25) is 0 Å². The molecule has 21 heavy (non-hydrogen) atoms. The zero-order valence-electron chi connectivity index (χ0n) is 12.5. The number of furan rings is 1. The Hall–Kier alpha value is -2.13. The predicted octanol–water partition coefficient (Wildman–Crippen LogP) is 4.03. The van der Waals surface area contributed by atoms with E-state index in [4.69, 9.17) is 4.42 Å². The topological polar surface area (TPSA) is 38.1 Å². The van der Waals surface area contributed by atoms with E-state index < -0.39 is 0 Å². The van der Waals surface area contributed by atoms with E-state index in [0.29, 0.717) is 0 Å². The van der Waals surface area contributed by atoms with Gasteiger partial charge in [-0.05, 0) is 49.7 Å². The second-order valence-electron chi connectivity index (χ2n) is 5.25. The van der Waals surface area contributed by atoms with Gasteiger partial charge in [-0.2, -0.15) is 0 Å². The molecule has 1 atom stereocenters. The molecule has 0 radical (unpaired) electrons. The first-order chi connectivity index (χ1) is 10.3. The summed E-state index contributed by atoms with van der Waals surface area (Å²) < 4.78 is 5.80. The van der Waals surface area contributed by atoms with Gasteiger partial charge in [0.05, 0.1) is 11.6 Å². The molecule has 0 aliphatic carbocycles. The lowest BCUT2D eigenvalue weighted by Gasteiger charge is -2.16. The van der Waals surface area contributed by atoms with Gasteiger partial charge in [-0.1, -0.05) is 25.1 Å². The minimum atomic E-state index is 0.189. The summed E-state index contributed by atoms with van der Waals surface area (Å²) in [4.78, 5) is 4.43. The summed E-state index contributed by atoms with van der Waals surface area (Å²) in [5.41, 5.74) is 2.33. The first-order valence-corrected chi connectivity index (χ1v) is 7.40. The number of nitrogens with one attached hydrogen (secondary N) is 1. The van der Waals surface area contributed by atoms with Crippen molar-refractivity contribution in [2.24, 2.45) is 0 Å². The minimum absolute atomic E-state index is 0.189. The van der Waals surface area contributed by atoms with Crippen LogP contribution in [0.3, 0.4) is 0 Å². The molecule has 0 fully saturated rings. The Bertz CT molecular complexity index is 727. The summed E-state index contributed by atoms with van der Waals surface area (Å²) in [6, 6.07) is 14.6. The summed E-state index contributed by atoms with van der Waals surface area (Å²) in [7, 11) is 0. The normalized spacial score (nSPS) is 12.7. The maximum absolute atomic E-state index is 5.80. The molecule has 0 saturated carbocycles. The van der Waals surface area contributed by atoms with E-state index in [1.165, 1.54) is 10.9 Å². The van der Waals surface area contributed by atoms with E-state index in [2.05, 4.69) is 47.6 Å². The van der Waals surface area contributed by atoms with Gasteiger partial charge < -0.3 is 9.73 Å². The maximum atomic E-state index is 5.80. The number of aromatic nitrogens is 1. The molecule has 0 amide bonds. The van der Waals surface area contributed by atoms with Crippen LogP contribution >= 0.6 is 0 Å². The van der Waals surface area contributed by atoms with E-state index in [-0.39, 0.29) is 6.04 Å². The molecular formula is C18H20N2O. The second kappa shape index (κ2) is 6.10. The molecule has 0 saturated heterocycles. The quantitative estimate of drug-likeness (QED) is 0.766. The van der Waals surface area contributed by atoms with Gasteiger partial charge in [-0.3, -0.25) is 4.98 Å².